The molecule has 1 fully saturated rings. The summed E-state index contributed by atoms with van der Waals surface area (Å²) in [5, 5.41) is 10.0. The Morgan fingerprint density at radius 2 is 2.25 bits per heavy atom. The van der Waals surface area contributed by atoms with Gasteiger partial charge in [-0.1, -0.05) is 24.3 Å². The number of aliphatic carboxylic acids is 1. The molecule has 1 atom stereocenters. The third-order valence-electron chi connectivity index (χ3n) is 4.25. The second-order valence-electron chi connectivity index (χ2n) is 6.31. The first kappa shape index (κ1) is 16.8. The first-order chi connectivity index (χ1) is 11.6. The maximum Gasteiger partial charge on any atom is 0.317 e. The first-order valence-electron chi connectivity index (χ1n) is 8.19. The third kappa shape index (κ3) is 4.29. The molecule has 1 aliphatic heterocycles. The highest BCUT2D eigenvalue weighted by molar-refractivity contribution is 5.81. The van der Waals surface area contributed by atoms with Crippen LogP contribution in [0.3, 0.4) is 0 Å². The lowest BCUT2D eigenvalue weighted by Crippen LogP contribution is -2.47. The van der Waals surface area contributed by atoms with Crippen molar-refractivity contribution in [2.24, 2.45) is 0 Å². The Labute approximate surface area is 141 Å². The van der Waals surface area contributed by atoms with Gasteiger partial charge in [-0.15, -0.1) is 0 Å². The molecule has 0 spiro atoms. The lowest BCUT2D eigenvalue weighted by atomic mass is 10.1. The molecule has 1 N–H and O–H groups in total. The molecule has 2 heterocycles. The van der Waals surface area contributed by atoms with Crippen molar-refractivity contribution in [1.29, 1.82) is 0 Å². The van der Waals surface area contributed by atoms with Crippen molar-refractivity contribution >= 4 is 16.9 Å². The fourth-order valence-corrected chi connectivity index (χ4v) is 3.21. The largest absolute Gasteiger partial charge is 0.480 e. The van der Waals surface area contributed by atoms with Gasteiger partial charge in [0.05, 0.1) is 24.8 Å². The Kier molecular flexibility index (Phi) is 5.40. The van der Waals surface area contributed by atoms with E-state index in [9.17, 15) is 4.79 Å². The topological polar surface area (TPSA) is 65.9 Å². The van der Waals surface area contributed by atoms with Gasteiger partial charge in [0, 0.05) is 37.8 Å². The standard InChI is InChI=1S/C18H23N3O3/c1-20(13-17(22)23)11-16-12-21(8-9-24-16)10-15-5-2-4-14-6-3-7-19-18(14)15/h2-7,16H,8-13H2,1H3,(H,22,23). The van der Waals surface area contributed by atoms with E-state index < -0.39 is 5.97 Å². The van der Waals surface area contributed by atoms with Gasteiger partial charge in [-0.3, -0.25) is 19.6 Å². The van der Waals surface area contributed by atoms with Crippen LogP contribution in [-0.2, 0) is 16.1 Å². The van der Waals surface area contributed by atoms with Crippen LogP contribution in [0, 0.1) is 0 Å². The van der Waals surface area contributed by atoms with Gasteiger partial charge in [-0.05, 0) is 18.7 Å². The van der Waals surface area contributed by atoms with E-state index in [1.54, 1.807) is 4.90 Å². The lowest BCUT2D eigenvalue weighted by molar-refractivity contribution is -0.138. The van der Waals surface area contributed by atoms with Gasteiger partial charge >= 0.3 is 5.97 Å². The zero-order valence-electron chi connectivity index (χ0n) is 13.9. The summed E-state index contributed by atoms with van der Waals surface area (Å²) < 4.78 is 5.79. The number of para-hydroxylation sites is 1. The summed E-state index contributed by atoms with van der Waals surface area (Å²) in [5.74, 6) is -0.813. The van der Waals surface area contributed by atoms with Gasteiger partial charge in [0.1, 0.15) is 0 Å². The van der Waals surface area contributed by atoms with Crippen molar-refractivity contribution in [3.05, 3.63) is 42.1 Å². The Balaban J connectivity index is 1.63. The number of carboxylic acids is 1. The monoisotopic (exact) mass is 329 g/mol. The summed E-state index contributed by atoms with van der Waals surface area (Å²) in [4.78, 5) is 19.4. The van der Waals surface area contributed by atoms with Crippen molar-refractivity contribution < 1.29 is 14.6 Å². The molecule has 0 radical (unpaired) electrons. The number of likely N-dealkylation sites (N-methyl/N-ethyl adjacent to an activating group) is 1. The number of rotatable bonds is 6. The number of hydrogen-bond donors (Lipinski definition) is 1. The van der Waals surface area contributed by atoms with Crippen molar-refractivity contribution in [3.8, 4) is 0 Å². The third-order valence-corrected chi connectivity index (χ3v) is 4.25. The van der Waals surface area contributed by atoms with Crippen LogP contribution in [0.5, 0.6) is 0 Å². The van der Waals surface area contributed by atoms with Gasteiger partial charge in [-0.2, -0.15) is 0 Å². The summed E-state index contributed by atoms with van der Waals surface area (Å²) >= 11 is 0. The minimum atomic E-state index is -0.813. The minimum Gasteiger partial charge on any atom is -0.480 e. The molecule has 0 aliphatic carbocycles. The number of benzene rings is 1. The van der Waals surface area contributed by atoms with E-state index >= 15 is 0 Å². The van der Waals surface area contributed by atoms with Gasteiger partial charge in [0.25, 0.3) is 0 Å². The summed E-state index contributed by atoms with van der Waals surface area (Å²) in [7, 11) is 1.81. The second-order valence-corrected chi connectivity index (χ2v) is 6.31. The normalized spacial score (nSPS) is 19.0. The predicted octanol–water partition coefficient (Wildman–Crippen LogP) is 1.45. The second kappa shape index (κ2) is 7.70. The van der Waals surface area contributed by atoms with Crippen molar-refractivity contribution in [3.63, 3.8) is 0 Å². The molecule has 0 bridgehead atoms. The zero-order chi connectivity index (χ0) is 16.9. The van der Waals surface area contributed by atoms with Gasteiger partial charge in [-0.25, -0.2) is 0 Å². The average molecular weight is 329 g/mol. The SMILES string of the molecule is CN(CC(=O)O)CC1CN(Cc2cccc3cccnc23)CCO1. The number of fused-ring (bicyclic) bond motifs is 1. The number of pyridine rings is 1. The molecule has 3 rings (SSSR count). The van der Waals surface area contributed by atoms with E-state index in [-0.39, 0.29) is 12.6 Å². The number of nitrogens with zero attached hydrogens (tertiary/aromatic N) is 3. The Morgan fingerprint density at radius 3 is 3.08 bits per heavy atom. The highest BCUT2D eigenvalue weighted by atomic mass is 16.5. The van der Waals surface area contributed by atoms with Crippen LogP contribution in [0.15, 0.2) is 36.5 Å². The van der Waals surface area contributed by atoms with Crippen molar-refractivity contribution in [1.82, 2.24) is 14.8 Å². The van der Waals surface area contributed by atoms with Gasteiger partial charge < -0.3 is 9.84 Å². The number of carbonyl (C=O) groups is 1. The fourth-order valence-electron chi connectivity index (χ4n) is 3.21. The smallest absolute Gasteiger partial charge is 0.317 e. The van der Waals surface area contributed by atoms with Crippen LogP contribution < -0.4 is 0 Å². The summed E-state index contributed by atoms with van der Waals surface area (Å²) in [6.45, 7) is 3.83. The van der Waals surface area contributed by atoms with Crippen molar-refractivity contribution in [2.45, 2.75) is 12.6 Å². The van der Waals surface area contributed by atoms with Crippen LogP contribution in [-0.4, -0.2) is 71.8 Å². The van der Waals surface area contributed by atoms with E-state index in [0.717, 1.165) is 30.5 Å². The Hall–Kier alpha value is -2.02. The quantitative estimate of drug-likeness (QED) is 0.865. The van der Waals surface area contributed by atoms with Crippen LogP contribution >= 0.6 is 0 Å². The zero-order valence-corrected chi connectivity index (χ0v) is 13.9. The maximum atomic E-state index is 10.8. The molecule has 1 unspecified atom stereocenters. The highest BCUT2D eigenvalue weighted by Crippen LogP contribution is 2.19. The fraction of sp³-hybridized carbons (Fsp3) is 0.444. The molecule has 6 nitrogen and oxygen atoms in total. The van der Waals surface area contributed by atoms with E-state index in [4.69, 9.17) is 9.84 Å². The van der Waals surface area contributed by atoms with Gasteiger partial charge in [0.2, 0.25) is 0 Å². The summed E-state index contributed by atoms with van der Waals surface area (Å²) in [6, 6.07) is 10.3. The van der Waals surface area contributed by atoms with Crippen LogP contribution in [0.2, 0.25) is 0 Å². The predicted molar refractivity (Wildman–Crippen MR) is 91.9 cm³/mol. The van der Waals surface area contributed by atoms with E-state index in [1.807, 2.05) is 19.3 Å². The molecule has 1 aromatic heterocycles. The van der Waals surface area contributed by atoms with Crippen LogP contribution in [0.1, 0.15) is 5.56 Å². The molecule has 0 amide bonds. The Morgan fingerprint density at radius 1 is 1.42 bits per heavy atom. The molecule has 0 saturated carbocycles. The van der Waals surface area contributed by atoms with Gasteiger partial charge in [0.15, 0.2) is 0 Å². The molecule has 1 aromatic carbocycles. The maximum absolute atomic E-state index is 10.8. The minimum absolute atomic E-state index is 0.0334. The molecule has 1 saturated heterocycles. The molecule has 128 valence electrons. The van der Waals surface area contributed by atoms with Crippen LogP contribution in [0.25, 0.3) is 10.9 Å². The molecule has 1 aliphatic rings. The number of carboxylic acid groups (broad SMARTS) is 1. The van der Waals surface area contributed by atoms with E-state index in [0.29, 0.717) is 13.2 Å². The molecule has 2 aromatic rings. The van der Waals surface area contributed by atoms with E-state index in [2.05, 4.69) is 34.1 Å². The number of aromatic nitrogens is 1. The Bertz CT molecular complexity index is 701. The van der Waals surface area contributed by atoms with Crippen molar-refractivity contribution in [2.75, 3.05) is 39.8 Å². The lowest BCUT2D eigenvalue weighted by Gasteiger charge is -2.34. The molecular weight excluding hydrogens is 306 g/mol. The molecular formula is C18H23N3O3. The van der Waals surface area contributed by atoms with E-state index in [1.165, 1.54) is 5.56 Å². The average Bonchev–Trinajstić information content (AvgIpc) is 2.55. The first-order valence-corrected chi connectivity index (χ1v) is 8.19. The molecule has 6 heteroatoms. The number of ether oxygens (including phenoxy) is 1. The molecule has 24 heavy (non-hydrogen) atoms. The number of morpholine rings is 1. The summed E-state index contributed by atoms with van der Waals surface area (Å²) in [6.07, 6.45) is 1.86. The summed E-state index contributed by atoms with van der Waals surface area (Å²) in [5.41, 5.74) is 2.26. The van der Waals surface area contributed by atoms with Crippen LogP contribution in [0.4, 0.5) is 0 Å². The number of hydrogen-bond acceptors (Lipinski definition) is 5. The highest BCUT2D eigenvalue weighted by Gasteiger charge is 2.22.